The number of anilines is 1. The van der Waals surface area contributed by atoms with Gasteiger partial charge < -0.3 is 15.4 Å². The summed E-state index contributed by atoms with van der Waals surface area (Å²) in [6.45, 7) is 0. The molecule has 0 spiro atoms. The molecule has 0 heterocycles. The Balaban J connectivity index is 1.25. The Hall–Kier alpha value is -1.55. The first-order chi connectivity index (χ1) is 11.6. The van der Waals surface area contributed by atoms with Crippen LogP contribution in [0.25, 0.3) is 0 Å². The van der Waals surface area contributed by atoms with Crippen LogP contribution >= 0.6 is 0 Å². The van der Waals surface area contributed by atoms with Crippen LogP contribution in [0.5, 0.6) is 0 Å². The smallest absolute Gasteiger partial charge is 0.321 e. The molecule has 5 fully saturated rings. The van der Waals surface area contributed by atoms with Crippen molar-refractivity contribution in [1.29, 1.82) is 0 Å². The predicted octanol–water partition coefficient (Wildman–Crippen LogP) is 4.28. The van der Waals surface area contributed by atoms with E-state index in [1.165, 1.54) is 38.5 Å². The Morgan fingerprint density at radius 3 is 2.08 bits per heavy atom. The van der Waals surface area contributed by atoms with Gasteiger partial charge >= 0.3 is 6.03 Å². The van der Waals surface area contributed by atoms with Gasteiger partial charge in [0.25, 0.3) is 0 Å². The van der Waals surface area contributed by atoms with Crippen molar-refractivity contribution in [1.82, 2.24) is 5.32 Å². The van der Waals surface area contributed by atoms with Crippen molar-refractivity contribution in [2.24, 2.45) is 17.8 Å². The number of urea groups is 1. The second-order valence-corrected chi connectivity index (χ2v) is 8.64. The second-order valence-electron chi connectivity index (χ2n) is 8.64. The Labute approximate surface area is 143 Å². The van der Waals surface area contributed by atoms with E-state index in [2.05, 4.69) is 10.6 Å². The molecule has 5 aliphatic rings. The van der Waals surface area contributed by atoms with Crippen molar-refractivity contribution in [3.63, 3.8) is 0 Å². The van der Waals surface area contributed by atoms with E-state index < -0.39 is 5.72 Å². The van der Waals surface area contributed by atoms with Crippen LogP contribution in [0.1, 0.15) is 51.4 Å². The highest BCUT2D eigenvalue weighted by Gasteiger charge is 2.58. The minimum Gasteiger partial charge on any atom is -0.349 e. The normalized spacial score (nSPS) is 37.9. The zero-order valence-corrected chi connectivity index (χ0v) is 14.1. The fourth-order valence-corrected chi connectivity index (χ4v) is 5.83. The molecule has 0 saturated heterocycles. The van der Waals surface area contributed by atoms with E-state index in [1.807, 2.05) is 30.3 Å². The van der Waals surface area contributed by atoms with Gasteiger partial charge in [-0.1, -0.05) is 18.2 Å². The lowest BCUT2D eigenvalue weighted by Crippen LogP contribution is -2.56. The van der Waals surface area contributed by atoms with Gasteiger partial charge in [0, 0.05) is 5.69 Å². The quantitative estimate of drug-likeness (QED) is 0.811. The molecule has 2 N–H and O–H groups in total. The first kappa shape index (κ1) is 14.8. The zero-order valence-electron chi connectivity index (χ0n) is 14.1. The summed E-state index contributed by atoms with van der Waals surface area (Å²) >= 11 is 0. The highest BCUT2D eigenvalue weighted by Crippen LogP contribution is 2.59. The number of benzene rings is 1. The number of amides is 2. The van der Waals surface area contributed by atoms with Crippen molar-refractivity contribution in [2.45, 2.75) is 62.7 Å². The molecule has 128 valence electrons. The monoisotopic (exact) mass is 326 g/mol. The number of nitrogens with one attached hydrogen (secondary N) is 2. The number of ether oxygens (including phenoxy) is 1. The molecule has 0 aliphatic heterocycles. The molecule has 0 atom stereocenters. The highest BCUT2D eigenvalue weighted by atomic mass is 16.5. The Morgan fingerprint density at radius 1 is 0.958 bits per heavy atom. The summed E-state index contributed by atoms with van der Waals surface area (Å²) in [6.07, 6.45) is 9.76. The number of carbonyl (C=O) groups is 1. The van der Waals surface area contributed by atoms with Crippen LogP contribution in [0.3, 0.4) is 0 Å². The number of hydrogen-bond donors (Lipinski definition) is 2. The molecule has 1 aromatic carbocycles. The molecule has 6 rings (SSSR count). The highest BCUT2D eigenvalue weighted by molar-refractivity contribution is 5.89. The standard InChI is InChI=1S/C20H26N2O2/c23-18(21-17-4-2-1-3-5-17)22-20(6-7-20)24-19-11-14-8-15(12-19)10-16(9-14)13-19/h1-5,14-16H,6-13H2,(H2,21,22,23). The minimum atomic E-state index is -0.412. The molecule has 1 aromatic rings. The van der Waals surface area contributed by atoms with Crippen LogP contribution in [0.2, 0.25) is 0 Å². The van der Waals surface area contributed by atoms with E-state index in [4.69, 9.17) is 4.74 Å². The molecule has 5 saturated carbocycles. The molecule has 0 aromatic heterocycles. The lowest BCUT2D eigenvalue weighted by Gasteiger charge is -2.57. The Morgan fingerprint density at radius 2 is 1.54 bits per heavy atom. The fourth-order valence-electron chi connectivity index (χ4n) is 5.83. The summed E-state index contributed by atoms with van der Waals surface area (Å²) in [5.41, 5.74) is 0.455. The summed E-state index contributed by atoms with van der Waals surface area (Å²) in [5.74, 6) is 2.60. The van der Waals surface area contributed by atoms with Gasteiger partial charge in [0.2, 0.25) is 0 Å². The third-order valence-corrected chi connectivity index (χ3v) is 6.47. The fraction of sp³-hybridized carbons (Fsp3) is 0.650. The van der Waals surface area contributed by atoms with E-state index >= 15 is 0 Å². The molecular formula is C20H26N2O2. The molecule has 4 bridgehead atoms. The second kappa shape index (κ2) is 5.22. The summed E-state index contributed by atoms with van der Waals surface area (Å²) in [7, 11) is 0. The van der Waals surface area contributed by atoms with Crippen LogP contribution in [0, 0.1) is 17.8 Å². The van der Waals surface area contributed by atoms with Crippen molar-refractivity contribution in [3.05, 3.63) is 30.3 Å². The summed E-state index contributed by atoms with van der Waals surface area (Å²) in [5, 5.41) is 6.03. The van der Waals surface area contributed by atoms with Crippen molar-refractivity contribution in [2.75, 3.05) is 5.32 Å². The van der Waals surface area contributed by atoms with E-state index in [1.54, 1.807) is 0 Å². The van der Waals surface area contributed by atoms with Gasteiger partial charge in [0.15, 0.2) is 0 Å². The van der Waals surface area contributed by atoms with E-state index in [-0.39, 0.29) is 11.6 Å². The van der Waals surface area contributed by atoms with Crippen LogP contribution in [0.15, 0.2) is 30.3 Å². The maximum absolute atomic E-state index is 12.4. The van der Waals surface area contributed by atoms with Crippen molar-refractivity contribution < 1.29 is 9.53 Å². The SMILES string of the molecule is O=C(Nc1ccccc1)NC1(OC23CC4CC(CC(C4)C2)C3)CC1. The molecule has 4 nitrogen and oxygen atoms in total. The van der Waals surface area contributed by atoms with Gasteiger partial charge in [-0.05, 0) is 81.3 Å². The van der Waals surface area contributed by atoms with Crippen LogP contribution in [0.4, 0.5) is 10.5 Å². The van der Waals surface area contributed by atoms with Crippen molar-refractivity contribution >= 4 is 11.7 Å². The largest absolute Gasteiger partial charge is 0.349 e. The zero-order chi connectivity index (χ0) is 16.2. The number of hydrogen-bond acceptors (Lipinski definition) is 2. The van der Waals surface area contributed by atoms with Crippen molar-refractivity contribution in [3.8, 4) is 0 Å². The Bertz CT molecular complexity index is 603. The third-order valence-electron chi connectivity index (χ3n) is 6.47. The molecule has 5 aliphatic carbocycles. The number of para-hydroxylation sites is 1. The maximum atomic E-state index is 12.4. The maximum Gasteiger partial charge on any atom is 0.321 e. The molecule has 2 amide bonds. The van der Waals surface area contributed by atoms with Crippen LogP contribution in [-0.4, -0.2) is 17.4 Å². The van der Waals surface area contributed by atoms with Crippen LogP contribution in [-0.2, 0) is 4.74 Å². The van der Waals surface area contributed by atoms with Gasteiger partial charge in [0.1, 0.15) is 5.72 Å². The molecular weight excluding hydrogens is 300 g/mol. The van der Waals surface area contributed by atoms with Gasteiger partial charge in [0.05, 0.1) is 5.60 Å². The first-order valence-corrected chi connectivity index (χ1v) is 9.47. The van der Waals surface area contributed by atoms with E-state index in [9.17, 15) is 4.79 Å². The van der Waals surface area contributed by atoms with Gasteiger partial charge in [-0.2, -0.15) is 0 Å². The van der Waals surface area contributed by atoms with Crippen LogP contribution < -0.4 is 10.6 Å². The average Bonchev–Trinajstić information content (AvgIpc) is 3.24. The lowest BCUT2D eigenvalue weighted by molar-refractivity contribution is -0.200. The van der Waals surface area contributed by atoms with Gasteiger partial charge in [-0.3, -0.25) is 0 Å². The average molecular weight is 326 g/mol. The van der Waals surface area contributed by atoms with E-state index in [0.29, 0.717) is 0 Å². The summed E-state index contributed by atoms with van der Waals surface area (Å²) < 4.78 is 6.69. The lowest BCUT2D eigenvalue weighted by atomic mass is 9.54. The third kappa shape index (κ3) is 2.71. The first-order valence-electron chi connectivity index (χ1n) is 9.47. The Kier molecular flexibility index (Phi) is 3.21. The summed E-state index contributed by atoms with van der Waals surface area (Å²) in [4.78, 5) is 12.4. The number of carbonyl (C=O) groups excluding carboxylic acids is 1. The van der Waals surface area contributed by atoms with E-state index in [0.717, 1.165) is 36.3 Å². The number of rotatable bonds is 4. The van der Waals surface area contributed by atoms with Gasteiger partial charge in [-0.15, -0.1) is 0 Å². The minimum absolute atomic E-state index is 0.0469. The molecule has 0 unspecified atom stereocenters. The molecule has 4 heteroatoms. The molecule has 24 heavy (non-hydrogen) atoms. The van der Waals surface area contributed by atoms with Gasteiger partial charge in [-0.25, -0.2) is 4.79 Å². The topological polar surface area (TPSA) is 50.4 Å². The summed E-state index contributed by atoms with van der Waals surface area (Å²) in [6, 6.07) is 9.45. The predicted molar refractivity (Wildman–Crippen MR) is 92.5 cm³/mol. The molecule has 0 radical (unpaired) electrons.